The zero-order valence-electron chi connectivity index (χ0n) is 8.26. The smallest absolute Gasteiger partial charge is 0.345 e. The fourth-order valence-corrected chi connectivity index (χ4v) is 4.06. The van der Waals surface area contributed by atoms with Gasteiger partial charge in [-0.25, -0.2) is 0 Å². The van der Waals surface area contributed by atoms with Gasteiger partial charge in [-0.15, -0.1) is 0 Å². The Morgan fingerprint density at radius 1 is 1.12 bits per heavy atom. The van der Waals surface area contributed by atoms with Crippen LogP contribution in [0, 0.1) is 0 Å². The molecule has 1 aliphatic rings. The Balaban J connectivity index is 3.15. The van der Waals surface area contributed by atoms with Crippen LogP contribution in [0.15, 0.2) is 0 Å². The molecule has 0 aromatic carbocycles. The van der Waals surface area contributed by atoms with E-state index in [0.717, 1.165) is 0 Å². The average Bonchev–Trinajstić information content (AvgIpc) is 2.06. The molecule has 0 saturated carbocycles. The van der Waals surface area contributed by atoms with E-state index in [1.807, 2.05) is 0 Å². The van der Waals surface area contributed by atoms with Gasteiger partial charge in [-0.2, -0.15) is 0 Å². The Labute approximate surface area is 94.9 Å². The molecule has 12 heteroatoms. The Morgan fingerprint density at radius 3 is 2.00 bits per heavy atom. The third-order valence-corrected chi connectivity index (χ3v) is 5.52. The number of amides is 2. The highest BCUT2D eigenvalue weighted by molar-refractivity contribution is 7.70. The molecule has 1 rings (SSSR count). The zero-order chi connectivity index (χ0) is 13.4. The topological polar surface area (TPSA) is 164 Å². The van der Waals surface area contributed by atoms with E-state index in [0.29, 0.717) is 0 Å². The van der Waals surface area contributed by atoms with Crippen molar-refractivity contribution in [3.8, 4) is 0 Å². The largest absolute Gasteiger partial charge is 0.360 e. The third kappa shape index (κ3) is 3.35. The molecule has 0 spiro atoms. The lowest BCUT2D eigenvalue weighted by atomic mass is 10.4. The monoisotopic (exact) mass is 288 g/mol. The van der Waals surface area contributed by atoms with E-state index in [1.165, 1.54) is 0 Å². The van der Waals surface area contributed by atoms with Gasteiger partial charge >= 0.3 is 15.2 Å². The molecule has 1 heterocycles. The van der Waals surface area contributed by atoms with E-state index >= 15 is 0 Å². The summed E-state index contributed by atoms with van der Waals surface area (Å²) in [5, 5.41) is 2.08. The first-order valence-electron chi connectivity index (χ1n) is 4.20. The fraction of sp³-hybridized carbons (Fsp3) is 0.600. The van der Waals surface area contributed by atoms with Gasteiger partial charge in [-0.3, -0.25) is 18.7 Å². The van der Waals surface area contributed by atoms with Crippen molar-refractivity contribution in [2.45, 2.75) is 5.52 Å². The van der Waals surface area contributed by atoms with Crippen molar-refractivity contribution in [2.75, 3.05) is 13.1 Å². The molecule has 1 saturated heterocycles. The summed E-state index contributed by atoms with van der Waals surface area (Å²) in [7, 11) is -10.5. The highest BCUT2D eigenvalue weighted by Gasteiger charge is 2.50. The molecule has 10 nitrogen and oxygen atoms in total. The van der Waals surface area contributed by atoms with Crippen molar-refractivity contribution >= 4 is 27.0 Å². The molecule has 0 aromatic heterocycles. The average molecular weight is 288 g/mol. The summed E-state index contributed by atoms with van der Waals surface area (Å²) in [5.74, 6) is -1.72. The van der Waals surface area contributed by atoms with Crippen LogP contribution in [0.1, 0.15) is 0 Å². The first-order chi connectivity index (χ1) is 7.53. The van der Waals surface area contributed by atoms with Gasteiger partial charge in [0, 0.05) is 0 Å². The summed E-state index contributed by atoms with van der Waals surface area (Å²) in [6, 6.07) is 0. The van der Waals surface area contributed by atoms with Gasteiger partial charge in [-0.1, -0.05) is 0 Å². The van der Waals surface area contributed by atoms with Gasteiger partial charge in [0.2, 0.25) is 17.3 Å². The molecule has 5 N–H and O–H groups in total. The van der Waals surface area contributed by atoms with Crippen LogP contribution in [0.25, 0.3) is 0 Å². The maximum atomic E-state index is 11.3. The van der Waals surface area contributed by atoms with Crippen LogP contribution in [0.3, 0.4) is 0 Å². The number of nitrogens with one attached hydrogen (secondary N) is 1. The van der Waals surface area contributed by atoms with Crippen LogP contribution >= 0.6 is 15.2 Å². The van der Waals surface area contributed by atoms with Gasteiger partial charge in [0.1, 0.15) is 6.54 Å². The summed E-state index contributed by atoms with van der Waals surface area (Å²) in [6.45, 7) is -1.37. The highest BCUT2D eigenvalue weighted by atomic mass is 31.2. The minimum atomic E-state index is -5.27. The van der Waals surface area contributed by atoms with E-state index in [4.69, 9.17) is 19.6 Å². The normalized spacial score (nSPS) is 18.5. The summed E-state index contributed by atoms with van der Waals surface area (Å²) >= 11 is 0. The second-order valence-corrected chi connectivity index (χ2v) is 7.06. The van der Waals surface area contributed by atoms with E-state index in [-0.39, 0.29) is 4.90 Å². The standard InChI is InChI=1S/C5H10N2O8P2/c8-3-2-7(4(9)1-6-3)5(16(10,11)12)17(13,14)15/h5H,1-2H2,(H,6,8)(H2,10,11,12)(H2,13,14,15). The van der Waals surface area contributed by atoms with Crippen LogP contribution < -0.4 is 5.32 Å². The predicted molar refractivity (Wildman–Crippen MR) is 52.6 cm³/mol. The number of rotatable bonds is 3. The lowest BCUT2D eigenvalue weighted by Crippen LogP contribution is -2.54. The Hall–Kier alpha value is -0.760. The molecule has 2 amide bonds. The molecule has 17 heavy (non-hydrogen) atoms. The molecule has 0 radical (unpaired) electrons. The summed E-state index contributed by atoms with van der Waals surface area (Å²) in [4.78, 5) is 57.9. The maximum Gasteiger partial charge on any atom is 0.360 e. The van der Waals surface area contributed by atoms with E-state index in [1.54, 1.807) is 0 Å². The Morgan fingerprint density at radius 2 is 1.59 bits per heavy atom. The first-order valence-corrected chi connectivity index (χ1v) is 7.56. The van der Waals surface area contributed by atoms with Crippen molar-refractivity contribution in [3.05, 3.63) is 0 Å². The molecule has 98 valence electrons. The number of piperazine rings is 1. The first kappa shape index (κ1) is 14.3. The second kappa shape index (κ2) is 4.49. The number of nitrogens with zero attached hydrogens (tertiary/aromatic N) is 1. The summed E-state index contributed by atoms with van der Waals surface area (Å²) < 4.78 is 22.0. The van der Waals surface area contributed by atoms with E-state index < -0.39 is 45.6 Å². The third-order valence-electron chi connectivity index (χ3n) is 1.95. The van der Waals surface area contributed by atoms with Crippen LogP contribution in [0.4, 0.5) is 0 Å². The fourth-order valence-electron chi connectivity index (χ4n) is 1.34. The molecular weight excluding hydrogens is 278 g/mol. The number of hydrogen-bond acceptors (Lipinski definition) is 4. The zero-order valence-corrected chi connectivity index (χ0v) is 10.0. The molecule has 0 unspecified atom stereocenters. The van der Waals surface area contributed by atoms with Crippen LogP contribution in [0.2, 0.25) is 0 Å². The number of carbonyl (C=O) groups is 2. The van der Waals surface area contributed by atoms with Crippen LogP contribution in [0.5, 0.6) is 0 Å². The van der Waals surface area contributed by atoms with E-state index in [2.05, 4.69) is 5.32 Å². The molecule has 1 fully saturated rings. The minimum Gasteiger partial charge on any atom is -0.345 e. The number of carbonyl (C=O) groups excluding carboxylic acids is 2. The molecule has 0 aliphatic carbocycles. The molecule has 0 atom stereocenters. The second-order valence-electron chi connectivity index (χ2n) is 3.32. The molecular formula is C5H10N2O8P2. The SMILES string of the molecule is O=C1CN(C(P(=O)(O)O)P(=O)(O)O)C(=O)CN1. The molecule has 0 aromatic rings. The summed E-state index contributed by atoms with van der Waals surface area (Å²) in [6.07, 6.45) is 0. The van der Waals surface area contributed by atoms with Gasteiger partial charge in [0.25, 0.3) is 0 Å². The molecule has 0 bridgehead atoms. The lowest BCUT2D eigenvalue weighted by Gasteiger charge is -2.34. The van der Waals surface area contributed by atoms with Crippen molar-refractivity contribution < 1.29 is 38.3 Å². The predicted octanol–water partition coefficient (Wildman–Crippen LogP) is -2.42. The van der Waals surface area contributed by atoms with Crippen molar-refractivity contribution in [1.82, 2.24) is 10.2 Å². The van der Waals surface area contributed by atoms with Crippen molar-refractivity contribution in [2.24, 2.45) is 0 Å². The summed E-state index contributed by atoms with van der Waals surface area (Å²) in [5.41, 5.74) is -2.62. The van der Waals surface area contributed by atoms with Crippen LogP contribution in [-0.4, -0.2) is 54.9 Å². The van der Waals surface area contributed by atoms with Crippen molar-refractivity contribution in [3.63, 3.8) is 0 Å². The van der Waals surface area contributed by atoms with Gasteiger partial charge < -0.3 is 29.8 Å². The van der Waals surface area contributed by atoms with Gasteiger partial charge in [-0.05, 0) is 0 Å². The maximum absolute atomic E-state index is 11.3. The van der Waals surface area contributed by atoms with Crippen molar-refractivity contribution in [1.29, 1.82) is 0 Å². The quantitative estimate of drug-likeness (QED) is 0.358. The van der Waals surface area contributed by atoms with Gasteiger partial charge in [0.15, 0.2) is 0 Å². The van der Waals surface area contributed by atoms with Crippen LogP contribution in [-0.2, 0) is 18.7 Å². The number of hydrogen-bond donors (Lipinski definition) is 5. The van der Waals surface area contributed by atoms with E-state index in [9.17, 15) is 18.7 Å². The van der Waals surface area contributed by atoms with Gasteiger partial charge in [0.05, 0.1) is 6.54 Å². The Kier molecular flexibility index (Phi) is 3.78. The molecule has 1 aliphatic heterocycles. The minimum absolute atomic E-state index is 0.209. The highest BCUT2D eigenvalue weighted by Crippen LogP contribution is 2.61. The lowest BCUT2D eigenvalue weighted by molar-refractivity contribution is -0.140. The Bertz CT molecular complexity index is 415.